The molecule has 4 aromatic rings. The highest BCUT2D eigenvalue weighted by Crippen LogP contribution is 2.34. The lowest BCUT2D eigenvalue weighted by Crippen LogP contribution is -2.49. The fourth-order valence-electron chi connectivity index (χ4n) is 5.56. The summed E-state index contributed by atoms with van der Waals surface area (Å²) < 4.78 is 10.7. The average molecular weight is 565 g/mol. The number of nitrogens with zero attached hydrogens (tertiary/aromatic N) is 6. The van der Waals surface area contributed by atoms with Crippen LogP contribution in [0.25, 0.3) is 16.8 Å². The molecule has 0 bridgehead atoms. The first-order valence-electron chi connectivity index (χ1n) is 13.2. The highest BCUT2D eigenvalue weighted by atomic mass is 35.5. The molecular formula is C28H29ClN6O5. The zero-order valence-electron chi connectivity index (χ0n) is 22.2. The van der Waals surface area contributed by atoms with E-state index < -0.39 is 6.09 Å². The summed E-state index contributed by atoms with van der Waals surface area (Å²) in [6.45, 7) is 4.52. The minimum Gasteiger partial charge on any atom is -0.465 e. The molecule has 1 N–H and O–H groups in total. The smallest absolute Gasteiger partial charge is 0.407 e. The summed E-state index contributed by atoms with van der Waals surface area (Å²) in [6.07, 6.45) is 5.63. The second-order valence-corrected chi connectivity index (χ2v) is 11.1. The zero-order chi connectivity index (χ0) is 28.1. The Balaban J connectivity index is 1.38. The van der Waals surface area contributed by atoms with Gasteiger partial charge in [0.2, 0.25) is 0 Å². The topological polar surface area (TPSA) is 124 Å². The van der Waals surface area contributed by atoms with E-state index >= 15 is 0 Å². The van der Waals surface area contributed by atoms with E-state index in [9.17, 15) is 19.5 Å². The number of aromatic nitrogens is 5. The van der Waals surface area contributed by atoms with Crippen LogP contribution in [0.2, 0.25) is 5.02 Å². The van der Waals surface area contributed by atoms with E-state index in [0.29, 0.717) is 29.2 Å². The van der Waals surface area contributed by atoms with E-state index in [2.05, 4.69) is 10.1 Å². The number of hydrogen-bond donors (Lipinski definition) is 1. The standard InChI is InChI=1S/C28H29ClN6O5/c1-16-7-19(29)9-23(22(16)10-21-14-32(28(38)39)11-17(2)40-21)26-24-8-18(13-35(24)31-15-30-26)12-34-25(36)5-6-33(27(34)37)20-3-4-20/h5-9,13,15,17,20-21H,3-4,10-12,14H2,1-2H3,(H,38,39)/t17-,21?/m0/s1. The van der Waals surface area contributed by atoms with Crippen LogP contribution in [0.5, 0.6) is 0 Å². The lowest BCUT2D eigenvalue weighted by Gasteiger charge is -2.35. The number of carboxylic acid groups (broad SMARTS) is 1. The van der Waals surface area contributed by atoms with Crippen molar-refractivity contribution in [3.05, 3.63) is 85.5 Å². The number of ether oxygens (including phenoxy) is 1. The summed E-state index contributed by atoms with van der Waals surface area (Å²) in [4.78, 5) is 43.2. The minimum atomic E-state index is -0.965. The average Bonchev–Trinajstić information content (AvgIpc) is 3.65. The normalized spacial score (nSPS) is 19.3. The maximum Gasteiger partial charge on any atom is 0.407 e. The Kier molecular flexibility index (Phi) is 6.71. The molecule has 2 aliphatic rings. The molecule has 40 heavy (non-hydrogen) atoms. The van der Waals surface area contributed by atoms with Gasteiger partial charge in [0.25, 0.3) is 5.56 Å². The van der Waals surface area contributed by atoms with Gasteiger partial charge in [-0.15, -0.1) is 0 Å². The Morgan fingerprint density at radius 1 is 1.20 bits per heavy atom. The van der Waals surface area contributed by atoms with Crippen LogP contribution in [0.15, 0.2) is 52.6 Å². The van der Waals surface area contributed by atoms with Gasteiger partial charge in [0.15, 0.2) is 0 Å². The Morgan fingerprint density at radius 3 is 2.75 bits per heavy atom. The second kappa shape index (κ2) is 10.2. The lowest BCUT2D eigenvalue weighted by molar-refractivity contribution is -0.0682. The molecule has 0 radical (unpaired) electrons. The van der Waals surface area contributed by atoms with Crippen LogP contribution in [0.4, 0.5) is 4.79 Å². The fraction of sp³-hybridized carbons (Fsp3) is 0.393. The summed E-state index contributed by atoms with van der Waals surface area (Å²) in [5.41, 5.74) is 4.06. The van der Waals surface area contributed by atoms with Gasteiger partial charge in [-0.25, -0.2) is 19.1 Å². The van der Waals surface area contributed by atoms with E-state index in [4.69, 9.17) is 16.3 Å². The number of hydrogen-bond acceptors (Lipinski definition) is 6. The van der Waals surface area contributed by atoms with Crippen LogP contribution in [-0.2, 0) is 17.7 Å². The molecule has 1 amide bonds. The maximum atomic E-state index is 13.0. The summed E-state index contributed by atoms with van der Waals surface area (Å²) in [7, 11) is 0. The van der Waals surface area contributed by atoms with Gasteiger partial charge in [-0.3, -0.25) is 13.9 Å². The van der Waals surface area contributed by atoms with Crippen molar-refractivity contribution in [2.24, 2.45) is 0 Å². The molecule has 1 unspecified atom stereocenters. The molecule has 0 spiro atoms. The number of fused-ring (bicyclic) bond motifs is 1. The second-order valence-electron chi connectivity index (χ2n) is 10.7. The molecule has 2 fully saturated rings. The number of aryl methyl sites for hydroxylation is 1. The van der Waals surface area contributed by atoms with E-state index in [-0.39, 0.29) is 42.6 Å². The van der Waals surface area contributed by atoms with Gasteiger partial charge in [-0.2, -0.15) is 5.10 Å². The zero-order valence-corrected chi connectivity index (χ0v) is 22.9. The van der Waals surface area contributed by atoms with Gasteiger partial charge in [0.1, 0.15) is 6.33 Å². The number of amides is 1. The summed E-state index contributed by atoms with van der Waals surface area (Å²) >= 11 is 6.50. The molecule has 4 heterocycles. The SMILES string of the molecule is Cc1cc(Cl)cc(-c2ncnn3cc(Cn4c(=O)ccn(C5CC5)c4=O)cc23)c1CC1CN(C(=O)O)C[C@H](C)O1. The monoisotopic (exact) mass is 564 g/mol. The summed E-state index contributed by atoms with van der Waals surface area (Å²) in [5.74, 6) is 0. The molecule has 1 aliphatic heterocycles. The molecule has 6 rings (SSSR count). The Hall–Kier alpha value is -3.96. The molecule has 208 valence electrons. The summed E-state index contributed by atoms with van der Waals surface area (Å²) in [6, 6.07) is 7.18. The third kappa shape index (κ3) is 5.02. The highest BCUT2D eigenvalue weighted by molar-refractivity contribution is 6.31. The van der Waals surface area contributed by atoms with Gasteiger partial charge < -0.3 is 14.7 Å². The van der Waals surface area contributed by atoms with Crippen LogP contribution in [0, 0.1) is 6.92 Å². The van der Waals surface area contributed by atoms with E-state index in [1.807, 2.05) is 32.0 Å². The number of morpholine rings is 1. The van der Waals surface area contributed by atoms with E-state index in [1.165, 1.54) is 21.9 Å². The van der Waals surface area contributed by atoms with Crippen molar-refractivity contribution in [2.75, 3.05) is 13.1 Å². The number of halogens is 1. The van der Waals surface area contributed by atoms with Crippen molar-refractivity contribution in [3.63, 3.8) is 0 Å². The molecule has 11 nitrogen and oxygen atoms in total. The van der Waals surface area contributed by atoms with Gasteiger partial charge in [0, 0.05) is 41.5 Å². The third-order valence-corrected chi connectivity index (χ3v) is 7.78. The summed E-state index contributed by atoms with van der Waals surface area (Å²) in [5, 5.41) is 14.5. The van der Waals surface area contributed by atoms with Gasteiger partial charge in [-0.1, -0.05) is 11.6 Å². The first-order chi connectivity index (χ1) is 19.2. The largest absolute Gasteiger partial charge is 0.465 e. The molecule has 12 heteroatoms. The molecule has 2 atom stereocenters. The number of carbonyl (C=O) groups is 1. The Bertz CT molecular complexity index is 1740. The van der Waals surface area contributed by atoms with Crippen LogP contribution in [0.1, 0.15) is 42.5 Å². The van der Waals surface area contributed by atoms with Crippen LogP contribution in [-0.4, -0.2) is 65.1 Å². The molecule has 1 saturated carbocycles. The highest BCUT2D eigenvalue weighted by Gasteiger charge is 2.30. The van der Waals surface area contributed by atoms with Crippen LogP contribution in [0.3, 0.4) is 0 Å². The lowest BCUT2D eigenvalue weighted by atomic mass is 9.93. The molecule has 3 aromatic heterocycles. The van der Waals surface area contributed by atoms with Crippen LogP contribution >= 0.6 is 11.6 Å². The Labute approximate surface area is 234 Å². The van der Waals surface area contributed by atoms with Crippen molar-refractivity contribution in [3.8, 4) is 11.3 Å². The first kappa shape index (κ1) is 26.3. The fourth-order valence-corrected chi connectivity index (χ4v) is 5.84. The van der Waals surface area contributed by atoms with Gasteiger partial charge in [-0.05, 0) is 61.6 Å². The molecule has 1 saturated heterocycles. The van der Waals surface area contributed by atoms with E-state index in [0.717, 1.165) is 35.1 Å². The number of benzene rings is 1. The van der Waals surface area contributed by atoms with Gasteiger partial charge in [0.05, 0.1) is 43.1 Å². The van der Waals surface area contributed by atoms with Crippen LogP contribution < -0.4 is 11.2 Å². The predicted octanol–water partition coefficient (Wildman–Crippen LogP) is 3.37. The van der Waals surface area contributed by atoms with E-state index in [1.54, 1.807) is 21.5 Å². The van der Waals surface area contributed by atoms with Gasteiger partial charge >= 0.3 is 11.8 Å². The third-order valence-electron chi connectivity index (χ3n) is 7.56. The van der Waals surface area contributed by atoms with Crippen molar-refractivity contribution < 1.29 is 14.6 Å². The quantitative estimate of drug-likeness (QED) is 0.381. The van der Waals surface area contributed by atoms with Crippen molar-refractivity contribution in [1.82, 2.24) is 28.6 Å². The molecular weight excluding hydrogens is 536 g/mol. The Morgan fingerprint density at radius 2 is 2.00 bits per heavy atom. The number of rotatable bonds is 6. The first-order valence-corrected chi connectivity index (χ1v) is 13.6. The van der Waals surface area contributed by atoms with Crippen molar-refractivity contribution in [1.29, 1.82) is 0 Å². The minimum absolute atomic E-state index is 0.105. The van der Waals surface area contributed by atoms with Crippen molar-refractivity contribution >= 4 is 23.2 Å². The maximum absolute atomic E-state index is 13.0. The predicted molar refractivity (Wildman–Crippen MR) is 148 cm³/mol. The molecule has 1 aromatic carbocycles. The van der Waals surface area contributed by atoms with Crippen molar-refractivity contribution in [2.45, 2.75) is 57.9 Å². The molecule has 1 aliphatic carbocycles.